The van der Waals surface area contributed by atoms with Gasteiger partial charge in [-0.15, -0.1) is 0 Å². The first kappa shape index (κ1) is 23.2. The molecule has 1 fully saturated rings. The van der Waals surface area contributed by atoms with Gasteiger partial charge in [0.1, 0.15) is 5.69 Å². The van der Waals surface area contributed by atoms with Crippen molar-refractivity contribution in [3.63, 3.8) is 0 Å². The molecule has 11 heteroatoms. The fourth-order valence-corrected chi connectivity index (χ4v) is 2.52. The maximum Gasteiger partial charge on any atom is 0.302 e. The second-order valence-corrected chi connectivity index (χ2v) is 7.55. The van der Waals surface area contributed by atoms with E-state index in [0.717, 1.165) is 25.8 Å². The summed E-state index contributed by atoms with van der Waals surface area (Å²) in [6.45, 7) is 4.80. The van der Waals surface area contributed by atoms with Crippen molar-refractivity contribution in [2.24, 2.45) is 5.92 Å². The number of amides is 2. The molecule has 32 heavy (non-hydrogen) atoms. The van der Waals surface area contributed by atoms with E-state index in [2.05, 4.69) is 32.2 Å². The minimum atomic E-state index is -3.32. The Bertz CT molecular complexity index is 1040. The molecule has 0 aliphatic heterocycles. The molecule has 0 bridgehead atoms. The predicted molar refractivity (Wildman–Crippen MR) is 109 cm³/mol. The topological polar surface area (TPSA) is 106 Å². The van der Waals surface area contributed by atoms with E-state index in [0.29, 0.717) is 0 Å². The van der Waals surface area contributed by atoms with Crippen molar-refractivity contribution < 1.29 is 27.5 Å². The highest BCUT2D eigenvalue weighted by Crippen LogP contribution is 2.29. The molecular weight excluding hydrogens is 427 g/mol. The van der Waals surface area contributed by atoms with Crippen LogP contribution in [0.3, 0.4) is 0 Å². The van der Waals surface area contributed by atoms with E-state index in [1.54, 1.807) is 6.92 Å². The number of alkyl halides is 2. The normalized spacial score (nSPS) is 14.4. The summed E-state index contributed by atoms with van der Waals surface area (Å²) >= 11 is 0. The van der Waals surface area contributed by atoms with Gasteiger partial charge >= 0.3 is 5.92 Å². The molecule has 0 spiro atoms. The summed E-state index contributed by atoms with van der Waals surface area (Å²) in [5.74, 6) is -5.65. The summed E-state index contributed by atoms with van der Waals surface area (Å²) in [6, 6.07) is 1.72. The maximum atomic E-state index is 14.3. The zero-order chi connectivity index (χ0) is 23.5. The van der Waals surface area contributed by atoms with Crippen molar-refractivity contribution in [3.8, 4) is 5.88 Å². The summed E-state index contributed by atoms with van der Waals surface area (Å²) in [4.78, 5) is 36.0. The van der Waals surface area contributed by atoms with Crippen LogP contribution >= 0.6 is 0 Å². The van der Waals surface area contributed by atoms with Crippen molar-refractivity contribution >= 4 is 17.8 Å². The van der Waals surface area contributed by atoms with Crippen molar-refractivity contribution in [2.45, 2.75) is 38.7 Å². The Morgan fingerprint density at radius 2 is 2.06 bits per heavy atom. The van der Waals surface area contributed by atoms with Crippen molar-refractivity contribution in [1.29, 1.82) is 0 Å². The van der Waals surface area contributed by atoms with Gasteiger partial charge < -0.3 is 10.1 Å². The molecule has 2 aromatic rings. The molecule has 170 valence electrons. The number of carbonyl (C=O) groups excluding carboxylic acids is 2. The Morgan fingerprint density at radius 3 is 2.69 bits per heavy atom. The quantitative estimate of drug-likeness (QED) is 0.568. The summed E-state index contributed by atoms with van der Waals surface area (Å²) in [6.07, 6.45) is 4.18. The number of nitrogens with zero attached hydrogens (tertiary/aromatic N) is 3. The Morgan fingerprint density at radius 1 is 1.34 bits per heavy atom. The molecule has 2 heterocycles. The average molecular weight is 449 g/mol. The molecule has 1 aliphatic carbocycles. The first-order valence-corrected chi connectivity index (χ1v) is 9.83. The van der Waals surface area contributed by atoms with Crippen molar-refractivity contribution in [3.05, 3.63) is 53.8 Å². The van der Waals surface area contributed by atoms with E-state index in [4.69, 9.17) is 4.74 Å². The Labute approximate surface area is 182 Å². The average Bonchev–Trinajstić information content (AvgIpc) is 3.58. The lowest BCUT2D eigenvalue weighted by atomic mass is 10.1. The monoisotopic (exact) mass is 449 g/mol. The number of halogens is 3. The smallest absolute Gasteiger partial charge is 0.302 e. The molecule has 1 aliphatic rings. The van der Waals surface area contributed by atoms with Crippen LogP contribution in [0.2, 0.25) is 0 Å². The molecule has 1 atom stereocenters. The fourth-order valence-electron chi connectivity index (χ4n) is 2.52. The number of anilines is 1. The number of hydrogen-bond donors (Lipinski definition) is 2. The van der Waals surface area contributed by atoms with Crippen LogP contribution in [0.1, 0.15) is 48.8 Å². The lowest BCUT2D eigenvalue weighted by Crippen LogP contribution is -2.28. The zero-order valence-electron chi connectivity index (χ0n) is 17.5. The van der Waals surface area contributed by atoms with Crippen LogP contribution in [0.4, 0.5) is 19.1 Å². The fraction of sp³-hybridized carbons (Fsp3) is 0.381. The van der Waals surface area contributed by atoms with Crippen molar-refractivity contribution in [2.75, 3.05) is 11.9 Å². The third kappa shape index (κ3) is 5.80. The number of pyridine rings is 1. The lowest BCUT2D eigenvalue weighted by molar-refractivity contribution is -0.117. The van der Waals surface area contributed by atoms with E-state index >= 15 is 0 Å². The minimum absolute atomic E-state index is 0.00774. The van der Waals surface area contributed by atoms with Crippen molar-refractivity contribution in [1.82, 2.24) is 20.3 Å². The summed E-state index contributed by atoms with van der Waals surface area (Å²) < 4.78 is 46.2. The van der Waals surface area contributed by atoms with Crippen LogP contribution in [-0.4, -0.2) is 39.3 Å². The Balaban J connectivity index is 1.62. The second kappa shape index (κ2) is 9.33. The van der Waals surface area contributed by atoms with Gasteiger partial charge in [0.05, 0.1) is 6.04 Å². The van der Waals surface area contributed by atoms with E-state index in [9.17, 15) is 22.8 Å². The van der Waals surface area contributed by atoms with E-state index in [1.807, 2.05) is 0 Å². The molecule has 2 N–H and O–H groups in total. The van der Waals surface area contributed by atoms with Gasteiger partial charge in [-0.25, -0.2) is 19.3 Å². The largest absolute Gasteiger partial charge is 0.469 e. The summed E-state index contributed by atoms with van der Waals surface area (Å²) in [5.41, 5.74) is -0.120. The number of aromatic nitrogens is 3. The SMILES string of the molecule is C=C(C)C(F)(F)COc1ncc(C(C)NC(=O)c2ccnc(NC(=O)C3CC3)n2)cc1F. The molecule has 0 aromatic carbocycles. The van der Waals surface area contributed by atoms with E-state index in [1.165, 1.54) is 18.5 Å². The van der Waals surface area contributed by atoms with E-state index in [-0.39, 0.29) is 29.0 Å². The molecule has 2 amide bonds. The van der Waals surface area contributed by atoms with Gasteiger partial charge in [-0.1, -0.05) is 6.58 Å². The highest BCUT2D eigenvalue weighted by molar-refractivity contribution is 5.95. The molecule has 3 rings (SSSR count). The lowest BCUT2D eigenvalue weighted by Gasteiger charge is -2.18. The second-order valence-electron chi connectivity index (χ2n) is 7.55. The molecule has 0 radical (unpaired) electrons. The number of hydrogen-bond acceptors (Lipinski definition) is 6. The molecule has 8 nitrogen and oxygen atoms in total. The van der Waals surface area contributed by atoms with Crippen LogP contribution in [0.15, 0.2) is 36.7 Å². The third-order valence-electron chi connectivity index (χ3n) is 4.76. The molecular formula is C21H22F3N5O3. The van der Waals surface area contributed by atoms with Crippen LogP contribution in [-0.2, 0) is 4.79 Å². The predicted octanol–water partition coefficient (Wildman–Crippen LogP) is 3.44. The number of carbonyl (C=O) groups is 2. The molecule has 1 unspecified atom stereocenters. The summed E-state index contributed by atoms with van der Waals surface area (Å²) in [5, 5.41) is 5.18. The molecule has 1 saturated carbocycles. The van der Waals surface area contributed by atoms with Gasteiger partial charge in [0, 0.05) is 18.3 Å². The highest BCUT2D eigenvalue weighted by Gasteiger charge is 2.32. The van der Waals surface area contributed by atoms with Gasteiger partial charge in [0.15, 0.2) is 12.4 Å². The Kier molecular flexibility index (Phi) is 6.75. The molecule has 0 saturated heterocycles. The molecule has 2 aromatic heterocycles. The summed E-state index contributed by atoms with van der Waals surface area (Å²) in [7, 11) is 0. The standard InChI is InChI=1S/C21H22F3N5O3/c1-11(2)21(23,24)10-32-19-15(22)8-14(9-26-19)12(3)27-18(31)16-6-7-25-20(28-16)29-17(30)13-4-5-13/h6-9,12-13H,1,4-5,10H2,2-3H3,(H,27,31)(H,25,28,29,30). The maximum absolute atomic E-state index is 14.3. The van der Waals surface area contributed by atoms with Gasteiger partial charge in [0.2, 0.25) is 11.9 Å². The van der Waals surface area contributed by atoms with Crippen LogP contribution < -0.4 is 15.4 Å². The highest BCUT2D eigenvalue weighted by atomic mass is 19.3. The number of ether oxygens (including phenoxy) is 1. The number of rotatable bonds is 9. The van der Waals surface area contributed by atoms with Gasteiger partial charge in [0.25, 0.3) is 11.8 Å². The van der Waals surface area contributed by atoms with Gasteiger partial charge in [-0.05, 0) is 50.0 Å². The first-order valence-electron chi connectivity index (χ1n) is 9.83. The first-order chi connectivity index (χ1) is 15.1. The zero-order valence-corrected chi connectivity index (χ0v) is 17.5. The van der Waals surface area contributed by atoms with Gasteiger partial charge in [-0.3, -0.25) is 14.9 Å². The third-order valence-corrected chi connectivity index (χ3v) is 4.76. The number of nitrogens with one attached hydrogen (secondary N) is 2. The van der Waals surface area contributed by atoms with E-state index < -0.39 is 41.7 Å². The van der Waals surface area contributed by atoms with Crippen LogP contribution in [0.25, 0.3) is 0 Å². The van der Waals surface area contributed by atoms with Crippen LogP contribution in [0.5, 0.6) is 5.88 Å². The van der Waals surface area contributed by atoms with Crippen LogP contribution in [0, 0.1) is 11.7 Å². The minimum Gasteiger partial charge on any atom is -0.469 e. The van der Waals surface area contributed by atoms with Gasteiger partial charge in [-0.2, -0.15) is 8.78 Å². The Hall–Kier alpha value is -3.50.